The van der Waals surface area contributed by atoms with Gasteiger partial charge < -0.3 is 25.2 Å². The number of nitrogen functional groups attached to an aromatic ring is 1. The number of fused-ring (bicyclic) bond motifs is 9. The molecule has 0 aliphatic carbocycles. The van der Waals surface area contributed by atoms with E-state index in [1.165, 1.54) is 110 Å². The highest BCUT2D eigenvalue weighted by Gasteiger charge is 2.18. The Bertz CT molecular complexity index is 4130. The highest BCUT2D eigenvalue weighted by atomic mass is 15.0. The highest BCUT2D eigenvalue weighted by Crippen LogP contribution is 2.41. The number of nitrogens with zero attached hydrogens (tertiary/aromatic N) is 3. The molecule has 0 atom stereocenters. The first kappa shape index (κ1) is 46.3. The van der Waals surface area contributed by atoms with Gasteiger partial charge in [-0.25, -0.2) is 0 Å². The van der Waals surface area contributed by atoms with Crippen LogP contribution in [0.2, 0.25) is 0 Å². The van der Waals surface area contributed by atoms with Crippen molar-refractivity contribution in [1.82, 2.24) is 13.7 Å². The zero-order valence-electron chi connectivity index (χ0n) is 41.6. The normalized spacial score (nSPS) is 11.2. The van der Waals surface area contributed by atoms with Gasteiger partial charge in [-0.15, -0.1) is 0 Å². The van der Waals surface area contributed by atoms with Crippen LogP contribution in [0.15, 0.2) is 267 Å². The van der Waals surface area contributed by atoms with Crippen LogP contribution in [0.4, 0.5) is 0 Å². The van der Waals surface area contributed by atoms with Crippen molar-refractivity contribution in [2.75, 3.05) is 0 Å². The first-order valence-electron chi connectivity index (χ1n) is 25.4. The Kier molecular flexibility index (Phi) is 12.4. The number of amidine groups is 1. The molecule has 0 bridgehead atoms. The standard InChI is InChI=1S/C55H37N3.C7H8N2.C7H9N/c1-36-20-26-43(27-21-36)58-54-30-24-39(37-22-28-52-46(32-37)44-16-8-10-18-50(44)56(52)41-12-4-2-5-13-41)34-48(54)49-35-40(25-31-55(49)58)38-23-29-53-47(33-38)45-17-9-11-19-51(45)57(53)42-14-6-3-7-15-42;8-7(9)6-4-2-1-3-5-6;8-6-7-4-2-1-3-5-7/h2-35H,1H3;1-5H,(H3,8,9);1-5H,6,8H2. The maximum atomic E-state index is 7.01. The van der Waals surface area contributed by atoms with E-state index in [2.05, 4.69) is 227 Å². The van der Waals surface area contributed by atoms with Crippen molar-refractivity contribution in [3.8, 4) is 39.3 Å². The van der Waals surface area contributed by atoms with Crippen LogP contribution in [0.3, 0.4) is 0 Å². The average Bonchev–Trinajstić information content (AvgIpc) is 4.12. The van der Waals surface area contributed by atoms with E-state index in [9.17, 15) is 0 Å². The van der Waals surface area contributed by atoms with Crippen molar-refractivity contribution >= 4 is 71.3 Å². The summed E-state index contributed by atoms with van der Waals surface area (Å²) >= 11 is 0. The van der Waals surface area contributed by atoms with E-state index in [0.717, 1.165) is 11.3 Å². The molecule has 0 spiro atoms. The fraction of sp³-hybridized carbons (Fsp3) is 0.0290. The number of para-hydroxylation sites is 4. The third-order valence-electron chi connectivity index (χ3n) is 14.3. The molecule has 11 aromatic carbocycles. The molecule has 3 aromatic heterocycles. The van der Waals surface area contributed by atoms with Crippen LogP contribution in [0.5, 0.6) is 0 Å². The third kappa shape index (κ3) is 8.80. The van der Waals surface area contributed by atoms with Crippen molar-refractivity contribution in [3.05, 3.63) is 284 Å². The van der Waals surface area contributed by atoms with Crippen LogP contribution in [0.25, 0.3) is 105 Å². The second-order valence-electron chi connectivity index (χ2n) is 18.9. The van der Waals surface area contributed by atoms with Crippen LogP contribution < -0.4 is 11.5 Å². The van der Waals surface area contributed by atoms with E-state index in [-0.39, 0.29) is 5.84 Å². The summed E-state index contributed by atoms with van der Waals surface area (Å²) in [5.41, 5.74) is 29.3. The van der Waals surface area contributed by atoms with E-state index < -0.39 is 0 Å². The summed E-state index contributed by atoms with van der Waals surface area (Å²) in [6, 6.07) is 94.9. The van der Waals surface area contributed by atoms with Gasteiger partial charge in [-0.1, -0.05) is 175 Å². The number of hydrogen-bond donors (Lipinski definition) is 3. The number of aromatic nitrogens is 3. The lowest BCUT2D eigenvalue weighted by Crippen LogP contribution is -2.10. The molecule has 14 aromatic rings. The van der Waals surface area contributed by atoms with E-state index in [1.807, 2.05) is 60.7 Å². The second kappa shape index (κ2) is 20.0. The van der Waals surface area contributed by atoms with E-state index >= 15 is 0 Å². The molecule has 75 heavy (non-hydrogen) atoms. The zero-order chi connectivity index (χ0) is 50.8. The average molecular weight is 967 g/mol. The number of rotatable bonds is 7. The Morgan fingerprint density at radius 1 is 0.333 bits per heavy atom. The monoisotopic (exact) mass is 966 g/mol. The lowest BCUT2D eigenvalue weighted by atomic mass is 9.98. The lowest BCUT2D eigenvalue weighted by molar-refractivity contribution is 1.07. The Morgan fingerprint density at radius 2 is 0.640 bits per heavy atom. The molecule has 0 fully saturated rings. The van der Waals surface area contributed by atoms with Crippen molar-refractivity contribution < 1.29 is 0 Å². The van der Waals surface area contributed by atoms with Crippen LogP contribution in [0, 0.1) is 12.3 Å². The molecule has 0 unspecified atom stereocenters. The van der Waals surface area contributed by atoms with E-state index in [1.54, 1.807) is 0 Å². The predicted octanol–water partition coefficient (Wildman–Crippen LogP) is 16.7. The Hall–Kier alpha value is -9.75. The Labute approximate surface area is 436 Å². The minimum atomic E-state index is 0.121. The van der Waals surface area contributed by atoms with Gasteiger partial charge in [0, 0.05) is 61.5 Å². The lowest BCUT2D eigenvalue weighted by Gasteiger charge is -2.10. The maximum Gasteiger partial charge on any atom is 0.122 e. The third-order valence-corrected chi connectivity index (χ3v) is 14.3. The molecule has 14 rings (SSSR count). The molecule has 0 aliphatic heterocycles. The first-order valence-corrected chi connectivity index (χ1v) is 25.4. The molecule has 0 saturated carbocycles. The summed E-state index contributed by atoms with van der Waals surface area (Å²) in [6.45, 7) is 2.79. The van der Waals surface area contributed by atoms with Crippen LogP contribution >= 0.6 is 0 Å². The van der Waals surface area contributed by atoms with Gasteiger partial charge in [0.2, 0.25) is 0 Å². The molecule has 0 saturated heterocycles. The maximum absolute atomic E-state index is 7.01. The van der Waals surface area contributed by atoms with Gasteiger partial charge in [-0.2, -0.15) is 0 Å². The van der Waals surface area contributed by atoms with Gasteiger partial charge in [0.25, 0.3) is 0 Å². The molecule has 3 heterocycles. The van der Waals surface area contributed by atoms with Gasteiger partial charge >= 0.3 is 0 Å². The molecule has 5 N–H and O–H groups in total. The van der Waals surface area contributed by atoms with Crippen LogP contribution in [-0.2, 0) is 6.54 Å². The summed E-state index contributed by atoms with van der Waals surface area (Å²) in [6.07, 6.45) is 0. The molecule has 6 heteroatoms. The topological polar surface area (TPSA) is 90.7 Å². The molecule has 0 radical (unpaired) electrons. The summed E-state index contributed by atoms with van der Waals surface area (Å²) in [5, 5.41) is 14.5. The summed E-state index contributed by atoms with van der Waals surface area (Å²) in [4.78, 5) is 0. The van der Waals surface area contributed by atoms with Gasteiger partial charge in [0.15, 0.2) is 0 Å². The Balaban J connectivity index is 0.000000285. The number of benzene rings is 11. The fourth-order valence-corrected chi connectivity index (χ4v) is 10.6. The van der Waals surface area contributed by atoms with Crippen LogP contribution in [0.1, 0.15) is 16.7 Å². The summed E-state index contributed by atoms with van der Waals surface area (Å²) in [7, 11) is 0. The van der Waals surface area contributed by atoms with Gasteiger partial charge in [0.05, 0.1) is 33.1 Å². The van der Waals surface area contributed by atoms with Crippen LogP contribution in [-0.4, -0.2) is 19.5 Å². The van der Waals surface area contributed by atoms with E-state index in [0.29, 0.717) is 6.54 Å². The molecular weight excluding hydrogens is 913 g/mol. The minimum absolute atomic E-state index is 0.121. The Morgan fingerprint density at radius 3 is 0.987 bits per heavy atom. The number of aryl methyl sites for hydroxylation is 1. The van der Waals surface area contributed by atoms with Gasteiger partial charge in [0.1, 0.15) is 5.84 Å². The largest absolute Gasteiger partial charge is 0.384 e. The number of nitrogens with two attached hydrogens (primary N) is 2. The molecule has 0 aliphatic rings. The zero-order valence-corrected chi connectivity index (χ0v) is 41.6. The summed E-state index contributed by atoms with van der Waals surface area (Å²) < 4.78 is 7.18. The quantitative estimate of drug-likeness (QED) is 0.110. The first-order chi connectivity index (χ1) is 36.9. The smallest absolute Gasteiger partial charge is 0.122 e. The van der Waals surface area contributed by atoms with Crippen molar-refractivity contribution in [2.45, 2.75) is 13.5 Å². The number of hydrogen-bond acceptors (Lipinski definition) is 2. The van der Waals surface area contributed by atoms with Gasteiger partial charge in [-0.05, 0) is 132 Å². The molecular formula is C69H54N6. The predicted molar refractivity (Wildman–Crippen MR) is 317 cm³/mol. The fourth-order valence-electron chi connectivity index (χ4n) is 10.6. The highest BCUT2D eigenvalue weighted by molar-refractivity contribution is 6.14. The minimum Gasteiger partial charge on any atom is -0.384 e. The van der Waals surface area contributed by atoms with Crippen molar-refractivity contribution in [1.29, 1.82) is 5.41 Å². The number of nitrogens with one attached hydrogen (secondary N) is 1. The summed E-state index contributed by atoms with van der Waals surface area (Å²) in [5.74, 6) is 0.121. The van der Waals surface area contributed by atoms with Crippen molar-refractivity contribution in [3.63, 3.8) is 0 Å². The van der Waals surface area contributed by atoms with E-state index in [4.69, 9.17) is 16.9 Å². The van der Waals surface area contributed by atoms with Crippen molar-refractivity contribution in [2.24, 2.45) is 11.5 Å². The molecule has 6 nitrogen and oxygen atoms in total. The van der Waals surface area contributed by atoms with Gasteiger partial charge in [-0.3, -0.25) is 5.41 Å². The molecule has 0 amide bonds. The SMILES string of the molecule is Cc1ccc(-n2c3ccc(-c4ccc5c(c4)c4ccccc4n5-c4ccccc4)cc3c3cc(-c4ccc5c(c4)c4ccccc4n5-c4ccccc4)ccc32)cc1.N=C(N)c1ccccc1.NCc1ccccc1. The molecule has 360 valence electrons. The second-order valence-corrected chi connectivity index (χ2v) is 18.9.